The summed E-state index contributed by atoms with van der Waals surface area (Å²) in [5.74, 6) is -0.549. The average Bonchev–Trinajstić information content (AvgIpc) is 2.75. The molecule has 0 bridgehead atoms. The van der Waals surface area contributed by atoms with Crippen molar-refractivity contribution in [2.24, 2.45) is 0 Å². The molecule has 2 aromatic rings. The molecule has 1 aliphatic rings. The Morgan fingerprint density at radius 2 is 1.70 bits per heavy atom. The summed E-state index contributed by atoms with van der Waals surface area (Å²) in [4.78, 5) is 25.6. The zero-order valence-corrected chi connectivity index (χ0v) is 13.7. The third-order valence-electron chi connectivity index (χ3n) is 3.51. The standard InChI is InChI=1S/C17H13BrFNO3/c18-11-8-12(19)10-13(9-11)23-7-3-6-20-16(21)14-4-1-2-5-15(14)17(20)22/h1-2,4-5,8-10H,3,6-7H2. The molecule has 3 rings (SSSR count). The Kier molecular flexibility index (Phi) is 4.43. The van der Waals surface area contributed by atoms with Crippen molar-refractivity contribution >= 4 is 27.7 Å². The lowest BCUT2D eigenvalue weighted by molar-refractivity contribution is 0.0647. The number of ether oxygens (including phenoxy) is 1. The smallest absolute Gasteiger partial charge is 0.261 e. The van der Waals surface area contributed by atoms with Gasteiger partial charge in [0.2, 0.25) is 0 Å². The topological polar surface area (TPSA) is 46.6 Å². The van der Waals surface area contributed by atoms with Crippen molar-refractivity contribution in [3.05, 3.63) is 63.9 Å². The van der Waals surface area contributed by atoms with Gasteiger partial charge in [0.1, 0.15) is 11.6 Å². The van der Waals surface area contributed by atoms with Crippen LogP contribution in [0, 0.1) is 5.82 Å². The van der Waals surface area contributed by atoms with Gasteiger partial charge < -0.3 is 4.74 Å². The molecular weight excluding hydrogens is 365 g/mol. The van der Waals surface area contributed by atoms with Crippen molar-refractivity contribution in [1.29, 1.82) is 0 Å². The van der Waals surface area contributed by atoms with E-state index in [2.05, 4.69) is 15.9 Å². The van der Waals surface area contributed by atoms with Crippen LogP contribution in [0.4, 0.5) is 4.39 Å². The highest BCUT2D eigenvalue weighted by molar-refractivity contribution is 9.10. The second-order valence-corrected chi connectivity index (χ2v) is 6.03. The molecule has 0 spiro atoms. The maximum absolute atomic E-state index is 13.2. The molecule has 6 heteroatoms. The third-order valence-corrected chi connectivity index (χ3v) is 3.97. The van der Waals surface area contributed by atoms with Gasteiger partial charge in [0.15, 0.2) is 0 Å². The van der Waals surface area contributed by atoms with Gasteiger partial charge in [-0.05, 0) is 30.7 Å². The summed E-state index contributed by atoms with van der Waals surface area (Å²) >= 11 is 3.19. The number of nitrogens with zero attached hydrogens (tertiary/aromatic N) is 1. The van der Waals surface area contributed by atoms with Gasteiger partial charge in [0.25, 0.3) is 11.8 Å². The zero-order valence-electron chi connectivity index (χ0n) is 12.1. The highest BCUT2D eigenvalue weighted by atomic mass is 79.9. The summed E-state index contributed by atoms with van der Waals surface area (Å²) in [6.45, 7) is 0.548. The van der Waals surface area contributed by atoms with E-state index in [9.17, 15) is 14.0 Å². The molecule has 0 unspecified atom stereocenters. The summed E-state index contributed by atoms with van der Waals surface area (Å²) < 4.78 is 19.3. The predicted octanol–water partition coefficient (Wildman–Crippen LogP) is 3.65. The number of amides is 2. The van der Waals surface area contributed by atoms with E-state index in [4.69, 9.17) is 4.74 Å². The molecule has 0 saturated heterocycles. The summed E-state index contributed by atoms with van der Waals surface area (Å²) in [5, 5.41) is 0. The Morgan fingerprint density at radius 1 is 1.04 bits per heavy atom. The maximum Gasteiger partial charge on any atom is 0.261 e. The quantitative estimate of drug-likeness (QED) is 0.590. The highest BCUT2D eigenvalue weighted by Crippen LogP contribution is 2.23. The number of fused-ring (bicyclic) bond motifs is 1. The first-order valence-corrected chi connectivity index (χ1v) is 7.89. The van der Waals surface area contributed by atoms with Crippen molar-refractivity contribution in [2.45, 2.75) is 6.42 Å². The lowest BCUT2D eigenvalue weighted by Gasteiger charge is -2.14. The monoisotopic (exact) mass is 377 g/mol. The molecule has 23 heavy (non-hydrogen) atoms. The third kappa shape index (κ3) is 3.27. The van der Waals surface area contributed by atoms with Crippen LogP contribution in [0.3, 0.4) is 0 Å². The molecule has 1 heterocycles. The molecular formula is C17H13BrFNO3. The molecule has 2 amide bonds. The van der Waals surface area contributed by atoms with Gasteiger partial charge in [-0.25, -0.2) is 4.39 Å². The number of carbonyl (C=O) groups excluding carboxylic acids is 2. The van der Waals surface area contributed by atoms with Crippen LogP contribution in [-0.2, 0) is 0 Å². The van der Waals surface area contributed by atoms with Gasteiger partial charge in [-0.2, -0.15) is 0 Å². The number of imide groups is 1. The van der Waals surface area contributed by atoms with E-state index in [1.807, 2.05) is 0 Å². The first-order chi connectivity index (χ1) is 11.1. The van der Waals surface area contributed by atoms with E-state index in [0.29, 0.717) is 27.8 Å². The average molecular weight is 378 g/mol. The number of hydrogen-bond donors (Lipinski definition) is 0. The minimum Gasteiger partial charge on any atom is -0.493 e. The van der Waals surface area contributed by atoms with E-state index >= 15 is 0 Å². The lowest BCUT2D eigenvalue weighted by Crippen LogP contribution is -2.31. The summed E-state index contributed by atoms with van der Waals surface area (Å²) in [6.07, 6.45) is 0.472. The molecule has 0 radical (unpaired) electrons. The molecule has 0 N–H and O–H groups in total. The Bertz CT molecular complexity index is 723. The fourth-order valence-electron chi connectivity index (χ4n) is 2.47. The van der Waals surface area contributed by atoms with Crippen molar-refractivity contribution in [3.63, 3.8) is 0 Å². The van der Waals surface area contributed by atoms with Gasteiger partial charge in [-0.15, -0.1) is 0 Å². The van der Waals surface area contributed by atoms with Crippen LogP contribution in [0.25, 0.3) is 0 Å². The van der Waals surface area contributed by atoms with Crippen molar-refractivity contribution < 1.29 is 18.7 Å². The van der Waals surface area contributed by atoms with E-state index in [1.54, 1.807) is 30.3 Å². The summed E-state index contributed by atoms with van der Waals surface area (Å²) in [5.41, 5.74) is 0.875. The molecule has 0 atom stereocenters. The van der Waals surface area contributed by atoms with Crippen LogP contribution in [0.5, 0.6) is 5.75 Å². The minimum absolute atomic E-state index is 0.267. The molecule has 4 nitrogen and oxygen atoms in total. The van der Waals surface area contributed by atoms with Crippen molar-refractivity contribution in [3.8, 4) is 5.75 Å². The fourth-order valence-corrected chi connectivity index (χ4v) is 2.91. The second-order valence-electron chi connectivity index (χ2n) is 5.11. The van der Waals surface area contributed by atoms with Crippen LogP contribution in [0.15, 0.2) is 46.9 Å². The first-order valence-electron chi connectivity index (χ1n) is 7.10. The van der Waals surface area contributed by atoms with Crippen LogP contribution >= 0.6 is 15.9 Å². The summed E-state index contributed by atoms with van der Waals surface area (Å²) in [6, 6.07) is 11.0. The highest BCUT2D eigenvalue weighted by Gasteiger charge is 2.34. The minimum atomic E-state index is -0.394. The Hall–Kier alpha value is -2.21. The SMILES string of the molecule is O=C1c2ccccc2C(=O)N1CCCOc1cc(F)cc(Br)c1. The normalized spacial score (nSPS) is 13.4. The number of benzene rings is 2. The Labute approximate surface area is 141 Å². The molecule has 0 aliphatic carbocycles. The molecule has 0 saturated carbocycles. The van der Waals surface area contributed by atoms with E-state index in [0.717, 1.165) is 0 Å². The number of rotatable bonds is 5. The molecule has 1 aliphatic heterocycles. The van der Waals surface area contributed by atoms with Crippen molar-refractivity contribution in [2.75, 3.05) is 13.2 Å². The van der Waals surface area contributed by atoms with Gasteiger partial charge in [-0.1, -0.05) is 28.1 Å². The number of carbonyl (C=O) groups is 2. The molecule has 0 fully saturated rings. The maximum atomic E-state index is 13.2. The van der Waals surface area contributed by atoms with Gasteiger partial charge in [-0.3, -0.25) is 14.5 Å². The second kappa shape index (κ2) is 6.50. The van der Waals surface area contributed by atoms with Crippen LogP contribution in [-0.4, -0.2) is 29.9 Å². The van der Waals surface area contributed by atoms with E-state index in [-0.39, 0.29) is 25.0 Å². The van der Waals surface area contributed by atoms with Gasteiger partial charge >= 0.3 is 0 Å². The molecule has 2 aromatic carbocycles. The Morgan fingerprint density at radius 3 is 2.30 bits per heavy atom. The van der Waals surface area contributed by atoms with Crippen LogP contribution < -0.4 is 4.74 Å². The number of halogens is 2. The fraction of sp³-hybridized carbons (Fsp3) is 0.176. The van der Waals surface area contributed by atoms with E-state index in [1.165, 1.54) is 17.0 Å². The van der Waals surface area contributed by atoms with Crippen LogP contribution in [0.2, 0.25) is 0 Å². The lowest BCUT2D eigenvalue weighted by atomic mass is 10.1. The van der Waals surface area contributed by atoms with Gasteiger partial charge in [0, 0.05) is 17.1 Å². The Balaban J connectivity index is 1.56. The molecule has 0 aromatic heterocycles. The summed E-state index contributed by atoms with van der Waals surface area (Å²) in [7, 11) is 0. The molecule has 118 valence electrons. The first kappa shape index (κ1) is 15.7. The van der Waals surface area contributed by atoms with Crippen LogP contribution in [0.1, 0.15) is 27.1 Å². The van der Waals surface area contributed by atoms with Crippen molar-refractivity contribution in [1.82, 2.24) is 4.90 Å². The predicted molar refractivity (Wildman–Crippen MR) is 86.0 cm³/mol. The number of hydrogen-bond acceptors (Lipinski definition) is 3. The van der Waals surface area contributed by atoms with E-state index < -0.39 is 5.82 Å². The largest absolute Gasteiger partial charge is 0.493 e. The zero-order chi connectivity index (χ0) is 16.4. The van der Waals surface area contributed by atoms with Gasteiger partial charge in [0.05, 0.1) is 17.7 Å².